The normalized spacial score (nSPS) is 14.9. The van der Waals surface area contributed by atoms with Crippen molar-refractivity contribution in [3.63, 3.8) is 0 Å². The van der Waals surface area contributed by atoms with Crippen molar-refractivity contribution in [1.82, 2.24) is 10.2 Å². The topological polar surface area (TPSA) is 86.8 Å². The van der Waals surface area contributed by atoms with Crippen LogP contribution in [0.2, 0.25) is 10.0 Å². The summed E-state index contributed by atoms with van der Waals surface area (Å²) in [5, 5.41) is 3.78. The molecule has 0 saturated heterocycles. The Labute approximate surface area is 221 Å². The maximum absolute atomic E-state index is 13.7. The highest BCUT2D eigenvalue weighted by Gasteiger charge is 2.33. The lowest BCUT2D eigenvalue weighted by atomic mass is 10.1. The van der Waals surface area contributed by atoms with E-state index in [9.17, 15) is 22.4 Å². The summed E-state index contributed by atoms with van der Waals surface area (Å²) >= 11 is 12.4. The van der Waals surface area contributed by atoms with Crippen LogP contribution in [0.3, 0.4) is 0 Å². The predicted octanol–water partition coefficient (Wildman–Crippen LogP) is 4.76. The van der Waals surface area contributed by atoms with Gasteiger partial charge in [-0.25, -0.2) is 12.8 Å². The molecule has 7 nitrogen and oxygen atoms in total. The molecule has 2 aromatic rings. The third kappa shape index (κ3) is 7.33. The second-order valence-electron chi connectivity index (χ2n) is 8.92. The molecule has 0 aromatic heterocycles. The number of amides is 2. The number of nitrogens with one attached hydrogen (secondary N) is 1. The minimum Gasteiger partial charge on any atom is -0.352 e. The Balaban J connectivity index is 1.94. The van der Waals surface area contributed by atoms with Gasteiger partial charge in [0, 0.05) is 22.6 Å². The highest BCUT2D eigenvalue weighted by Crippen LogP contribution is 2.25. The second-order valence-corrected chi connectivity index (χ2v) is 11.7. The van der Waals surface area contributed by atoms with Gasteiger partial charge in [0.2, 0.25) is 21.8 Å². The molecule has 0 heterocycles. The lowest BCUT2D eigenvalue weighted by Gasteiger charge is -2.33. The lowest BCUT2D eigenvalue weighted by Crippen LogP contribution is -2.53. The Kier molecular flexibility index (Phi) is 9.60. The van der Waals surface area contributed by atoms with Gasteiger partial charge in [0.1, 0.15) is 18.4 Å². The third-order valence-corrected chi connectivity index (χ3v) is 7.96. The highest BCUT2D eigenvalue weighted by molar-refractivity contribution is 7.92. The van der Waals surface area contributed by atoms with Crippen LogP contribution < -0.4 is 9.62 Å². The van der Waals surface area contributed by atoms with Gasteiger partial charge in [0.25, 0.3) is 0 Å². The summed E-state index contributed by atoms with van der Waals surface area (Å²) in [4.78, 5) is 28.3. The van der Waals surface area contributed by atoms with Crippen molar-refractivity contribution in [1.29, 1.82) is 0 Å². The summed E-state index contributed by atoms with van der Waals surface area (Å²) < 4.78 is 39.5. The van der Waals surface area contributed by atoms with E-state index < -0.39 is 34.3 Å². The van der Waals surface area contributed by atoms with Crippen molar-refractivity contribution < 1.29 is 22.4 Å². The molecule has 1 saturated carbocycles. The summed E-state index contributed by atoms with van der Waals surface area (Å²) in [6.07, 6.45) is 5.10. The average molecular weight is 559 g/mol. The zero-order chi connectivity index (χ0) is 26.5. The van der Waals surface area contributed by atoms with E-state index in [4.69, 9.17) is 23.2 Å². The first-order chi connectivity index (χ1) is 17.0. The molecule has 1 aliphatic rings. The number of rotatable bonds is 10. The number of anilines is 1. The molecule has 0 spiro atoms. The number of sulfonamides is 1. The van der Waals surface area contributed by atoms with Gasteiger partial charge in [-0.1, -0.05) is 49.0 Å². The van der Waals surface area contributed by atoms with Crippen molar-refractivity contribution >= 4 is 50.7 Å². The fourth-order valence-electron chi connectivity index (χ4n) is 4.34. The summed E-state index contributed by atoms with van der Waals surface area (Å²) in [7, 11) is -3.90. The molecule has 1 unspecified atom stereocenters. The van der Waals surface area contributed by atoms with E-state index in [0.29, 0.717) is 22.0 Å². The maximum atomic E-state index is 13.7. The molecule has 0 radical (unpaired) electrons. The quantitative estimate of drug-likeness (QED) is 0.456. The molecular weight excluding hydrogens is 528 g/mol. The number of halogens is 3. The Morgan fingerprint density at radius 1 is 1.11 bits per heavy atom. The summed E-state index contributed by atoms with van der Waals surface area (Å²) in [6, 6.07) is 8.85. The van der Waals surface area contributed by atoms with E-state index in [1.807, 2.05) is 0 Å². The summed E-state index contributed by atoms with van der Waals surface area (Å²) in [5.41, 5.74) is 0.703. The van der Waals surface area contributed by atoms with Crippen LogP contribution in [0.15, 0.2) is 42.5 Å². The smallest absolute Gasteiger partial charge is 0.244 e. The molecule has 36 heavy (non-hydrogen) atoms. The molecule has 196 valence electrons. The van der Waals surface area contributed by atoms with Crippen molar-refractivity contribution in [2.45, 2.75) is 57.7 Å². The zero-order valence-corrected chi connectivity index (χ0v) is 22.5. The molecule has 2 aromatic carbocycles. The van der Waals surface area contributed by atoms with Crippen LogP contribution in [-0.4, -0.2) is 50.0 Å². The number of hydrogen-bond acceptors (Lipinski definition) is 4. The molecule has 0 aliphatic heterocycles. The number of nitrogens with zero attached hydrogens (tertiary/aromatic N) is 2. The van der Waals surface area contributed by atoms with Crippen molar-refractivity contribution in [2.24, 2.45) is 0 Å². The van der Waals surface area contributed by atoms with Crippen LogP contribution in [0.4, 0.5) is 10.1 Å². The molecule has 1 aliphatic carbocycles. The van der Waals surface area contributed by atoms with E-state index in [0.717, 1.165) is 48.4 Å². The Bertz CT molecular complexity index is 1190. The van der Waals surface area contributed by atoms with Crippen LogP contribution in [0, 0.1) is 5.82 Å². The predicted molar refractivity (Wildman–Crippen MR) is 140 cm³/mol. The van der Waals surface area contributed by atoms with E-state index in [2.05, 4.69) is 5.32 Å². The van der Waals surface area contributed by atoms with Crippen LogP contribution >= 0.6 is 23.2 Å². The SMILES string of the molecule is CCC(C(=O)NC1CCCC1)N(Cc1ccc(Cl)cc1Cl)C(=O)CN(c1ccc(F)cc1)S(C)(=O)=O. The molecular formula is C25H30Cl2FN3O4S. The van der Waals surface area contributed by atoms with E-state index >= 15 is 0 Å². The number of benzene rings is 2. The maximum Gasteiger partial charge on any atom is 0.244 e. The van der Waals surface area contributed by atoms with Gasteiger partial charge in [-0.15, -0.1) is 0 Å². The molecule has 2 amide bonds. The molecule has 1 fully saturated rings. The summed E-state index contributed by atoms with van der Waals surface area (Å²) in [6.45, 7) is 1.20. The third-order valence-electron chi connectivity index (χ3n) is 6.24. The zero-order valence-electron chi connectivity index (χ0n) is 20.2. The van der Waals surface area contributed by atoms with Gasteiger partial charge in [-0.2, -0.15) is 0 Å². The molecule has 3 rings (SSSR count). The Morgan fingerprint density at radius 3 is 2.31 bits per heavy atom. The van der Waals surface area contributed by atoms with E-state index in [1.165, 1.54) is 17.0 Å². The van der Waals surface area contributed by atoms with E-state index in [1.54, 1.807) is 25.1 Å². The second kappa shape index (κ2) is 12.3. The lowest BCUT2D eigenvalue weighted by molar-refractivity contribution is -0.140. The standard InChI is InChI=1S/C25H30Cl2FN3O4S/c1-3-23(25(33)29-20-6-4-5-7-20)30(15-17-8-9-18(26)14-22(17)27)24(32)16-31(36(2,34)35)21-12-10-19(28)11-13-21/h8-14,20,23H,3-7,15-16H2,1-2H3,(H,29,33). The van der Waals surface area contributed by atoms with Gasteiger partial charge >= 0.3 is 0 Å². The van der Waals surface area contributed by atoms with Gasteiger partial charge in [-0.3, -0.25) is 13.9 Å². The fourth-order valence-corrected chi connectivity index (χ4v) is 5.66. The fraction of sp³-hybridized carbons (Fsp3) is 0.440. The average Bonchev–Trinajstić information content (AvgIpc) is 3.31. The van der Waals surface area contributed by atoms with Crippen molar-refractivity contribution in [3.8, 4) is 0 Å². The molecule has 11 heteroatoms. The first-order valence-electron chi connectivity index (χ1n) is 11.8. The first-order valence-corrected chi connectivity index (χ1v) is 14.4. The van der Waals surface area contributed by atoms with Crippen molar-refractivity contribution in [3.05, 3.63) is 63.9 Å². The minimum absolute atomic E-state index is 0.0214. The number of hydrogen-bond donors (Lipinski definition) is 1. The monoisotopic (exact) mass is 557 g/mol. The van der Waals surface area contributed by atoms with Gasteiger partial charge < -0.3 is 10.2 Å². The number of carbonyl (C=O) groups excluding carboxylic acids is 2. The van der Waals surface area contributed by atoms with Gasteiger partial charge in [-0.05, 0) is 61.2 Å². The summed E-state index contributed by atoms with van der Waals surface area (Å²) in [5.74, 6) is -1.42. The van der Waals surface area contributed by atoms with Gasteiger partial charge in [0.15, 0.2) is 0 Å². The van der Waals surface area contributed by atoms with E-state index in [-0.39, 0.29) is 24.2 Å². The molecule has 0 bridgehead atoms. The highest BCUT2D eigenvalue weighted by atomic mass is 35.5. The van der Waals surface area contributed by atoms with Crippen LogP contribution in [0.1, 0.15) is 44.6 Å². The minimum atomic E-state index is -3.90. The Morgan fingerprint density at radius 2 is 1.75 bits per heavy atom. The van der Waals surface area contributed by atoms with Crippen LogP contribution in [-0.2, 0) is 26.2 Å². The molecule has 1 atom stereocenters. The largest absolute Gasteiger partial charge is 0.352 e. The first kappa shape index (κ1) is 28.2. The number of carbonyl (C=O) groups is 2. The molecule has 1 N–H and O–H groups in total. The van der Waals surface area contributed by atoms with Crippen molar-refractivity contribution in [2.75, 3.05) is 17.1 Å². The van der Waals surface area contributed by atoms with Crippen LogP contribution in [0.5, 0.6) is 0 Å². The van der Waals surface area contributed by atoms with Crippen LogP contribution in [0.25, 0.3) is 0 Å². The van der Waals surface area contributed by atoms with Gasteiger partial charge in [0.05, 0.1) is 11.9 Å². The Hall–Kier alpha value is -2.36.